The smallest absolute Gasteiger partial charge is 0.116 e. The zero-order valence-electron chi connectivity index (χ0n) is 15.8. The summed E-state index contributed by atoms with van der Waals surface area (Å²) < 4.78 is 0. The molecule has 4 N–H and O–H groups in total. The molecule has 0 aromatic heterocycles. The second-order valence-corrected chi connectivity index (χ2v) is 7.09. The summed E-state index contributed by atoms with van der Waals surface area (Å²) in [6, 6.07) is 13.2. The van der Waals surface area contributed by atoms with E-state index in [2.05, 4.69) is 71.0 Å². The normalized spacial score (nSPS) is 12.0. The molecule has 0 amide bonds. The van der Waals surface area contributed by atoms with Crippen LogP contribution in [0.3, 0.4) is 0 Å². The van der Waals surface area contributed by atoms with E-state index in [0.29, 0.717) is 5.92 Å². The maximum atomic E-state index is 6.68. The molecule has 0 radical (unpaired) electrons. The van der Waals surface area contributed by atoms with E-state index in [-0.39, 0.29) is 0 Å². The molecule has 0 aliphatic carbocycles. The fourth-order valence-electron chi connectivity index (χ4n) is 3.07. The molecule has 2 nitrogen and oxygen atoms in total. The first-order chi connectivity index (χ1) is 11.3. The summed E-state index contributed by atoms with van der Waals surface area (Å²) in [5.41, 5.74) is 19.6. The molecule has 0 atom stereocenters. The minimum Gasteiger partial charge on any atom is -0.306 e. The molecule has 2 rings (SSSR count). The van der Waals surface area contributed by atoms with E-state index >= 15 is 0 Å². The highest BCUT2D eigenvalue weighted by molar-refractivity contribution is 5.44. The van der Waals surface area contributed by atoms with Gasteiger partial charge in [-0.1, -0.05) is 71.0 Å². The van der Waals surface area contributed by atoms with Crippen molar-refractivity contribution in [1.82, 2.24) is 0 Å². The molecule has 0 saturated heterocycles. The SMILES string of the molecule is CCc1cc(CC)cc(C(N)(N)c2cc(CC)cc(C(C)C)c2)c1. The standard InChI is InChI=1S/C22H32N2/c1-6-16-9-17(7-2)12-20(11-16)22(23,24)21-13-18(8-3)10-19(14-21)15(4)5/h9-15H,6-8,23-24H2,1-5H3. The lowest BCUT2D eigenvalue weighted by Crippen LogP contribution is -2.47. The molecule has 130 valence electrons. The Morgan fingerprint density at radius 2 is 1.12 bits per heavy atom. The van der Waals surface area contributed by atoms with Gasteiger partial charge in [-0.05, 0) is 58.6 Å². The molecule has 2 aromatic carbocycles. The van der Waals surface area contributed by atoms with Crippen LogP contribution in [-0.4, -0.2) is 0 Å². The average molecular weight is 325 g/mol. The largest absolute Gasteiger partial charge is 0.306 e. The van der Waals surface area contributed by atoms with Crippen molar-refractivity contribution in [2.75, 3.05) is 0 Å². The Kier molecular flexibility index (Phi) is 5.84. The van der Waals surface area contributed by atoms with Gasteiger partial charge in [-0.15, -0.1) is 0 Å². The van der Waals surface area contributed by atoms with Crippen molar-refractivity contribution in [3.63, 3.8) is 0 Å². The molecule has 0 fully saturated rings. The van der Waals surface area contributed by atoms with Crippen LogP contribution < -0.4 is 11.5 Å². The van der Waals surface area contributed by atoms with Crippen molar-refractivity contribution in [3.8, 4) is 0 Å². The van der Waals surface area contributed by atoms with Crippen molar-refractivity contribution in [2.45, 2.75) is 65.5 Å². The average Bonchev–Trinajstić information content (AvgIpc) is 2.60. The Morgan fingerprint density at radius 3 is 1.54 bits per heavy atom. The van der Waals surface area contributed by atoms with E-state index in [0.717, 1.165) is 30.4 Å². The quantitative estimate of drug-likeness (QED) is 0.762. The molecule has 24 heavy (non-hydrogen) atoms. The van der Waals surface area contributed by atoms with Crippen LogP contribution in [0.5, 0.6) is 0 Å². The Labute approximate surface area is 147 Å². The first-order valence-corrected chi connectivity index (χ1v) is 9.17. The first kappa shape index (κ1) is 18.7. The molecule has 0 spiro atoms. The minimum atomic E-state index is -0.968. The molecule has 0 unspecified atom stereocenters. The molecular weight excluding hydrogens is 292 g/mol. The Balaban J connectivity index is 2.59. The lowest BCUT2D eigenvalue weighted by molar-refractivity contribution is 0.563. The van der Waals surface area contributed by atoms with Crippen molar-refractivity contribution in [1.29, 1.82) is 0 Å². The summed E-state index contributed by atoms with van der Waals surface area (Å²) in [6.45, 7) is 10.9. The third-order valence-electron chi connectivity index (χ3n) is 4.91. The van der Waals surface area contributed by atoms with E-state index < -0.39 is 5.66 Å². The van der Waals surface area contributed by atoms with Gasteiger partial charge in [0, 0.05) is 0 Å². The zero-order chi connectivity index (χ0) is 17.9. The van der Waals surface area contributed by atoms with Gasteiger partial charge >= 0.3 is 0 Å². The summed E-state index contributed by atoms with van der Waals surface area (Å²) in [7, 11) is 0. The molecular formula is C22H32N2. The van der Waals surface area contributed by atoms with Gasteiger partial charge in [0.1, 0.15) is 5.66 Å². The third-order valence-corrected chi connectivity index (χ3v) is 4.91. The summed E-state index contributed by atoms with van der Waals surface area (Å²) in [4.78, 5) is 0. The van der Waals surface area contributed by atoms with Gasteiger partial charge in [-0.25, -0.2) is 0 Å². The molecule has 0 saturated carbocycles. The zero-order valence-corrected chi connectivity index (χ0v) is 15.8. The van der Waals surface area contributed by atoms with Crippen LogP contribution in [0.4, 0.5) is 0 Å². The van der Waals surface area contributed by atoms with Gasteiger partial charge in [-0.2, -0.15) is 0 Å². The van der Waals surface area contributed by atoms with E-state index in [1.807, 2.05) is 0 Å². The van der Waals surface area contributed by atoms with Crippen LogP contribution in [0, 0.1) is 0 Å². The van der Waals surface area contributed by atoms with Crippen molar-refractivity contribution in [2.24, 2.45) is 11.5 Å². The van der Waals surface area contributed by atoms with Crippen LogP contribution >= 0.6 is 0 Å². The number of hydrogen-bond acceptors (Lipinski definition) is 2. The number of hydrogen-bond donors (Lipinski definition) is 2. The predicted octanol–water partition coefficient (Wildman–Crippen LogP) is 4.62. The molecule has 0 aliphatic rings. The number of nitrogens with two attached hydrogens (primary N) is 2. The summed E-state index contributed by atoms with van der Waals surface area (Å²) >= 11 is 0. The highest BCUT2D eigenvalue weighted by atomic mass is 15.0. The minimum absolute atomic E-state index is 0.458. The van der Waals surface area contributed by atoms with Gasteiger partial charge in [-0.3, -0.25) is 0 Å². The number of aryl methyl sites for hydroxylation is 3. The Bertz CT molecular complexity index is 677. The highest BCUT2D eigenvalue weighted by Crippen LogP contribution is 2.28. The van der Waals surface area contributed by atoms with Gasteiger partial charge in [0.2, 0.25) is 0 Å². The summed E-state index contributed by atoms with van der Waals surface area (Å²) in [5, 5.41) is 0. The predicted molar refractivity (Wildman–Crippen MR) is 104 cm³/mol. The second-order valence-electron chi connectivity index (χ2n) is 7.09. The fourth-order valence-corrected chi connectivity index (χ4v) is 3.07. The topological polar surface area (TPSA) is 52.0 Å². The van der Waals surface area contributed by atoms with Gasteiger partial charge in [0.15, 0.2) is 0 Å². The van der Waals surface area contributed by atoms with Crippen LogP contribution in [-0.2, 0) is 24.9 Å². The van der Waals surface area contributed by atoms with Gasteiger partial charge in [0.25, 0.3) is 0 Å². The molecule has 2 heteroatoms. The summed E-state index contributed by atoms with van der Waals surface area (Å²) in [6.07, 6.45) is 2.96. The van der Waals surface area contributed by atoms with Crippen molar-refractivity contribution >= 4 is 0 Å². The Hall–Kier alpha value is -1.64. The van der Waals surface area contributed by atoms with Crippen LogP contribution in [0.1, 0.15) is 73.9 Å². The van der Waals surface area contributed by atoms with E-state index in [1.54, 1.807) is 0 Å². The first-order valence-electron chi connectivity index (χ1n) is 9.17. The molecule has 0 heterocycles. The van der Waals surface area contributed by atoms with E-state index in [1.165, 1.54) is 22.3 Å². The monoisotopic (exact) mass is 324 g/mol. The lowest BCUT2D eigenvalue weighted by atomic mass is 9.86. The molecule has 0 aliphatic heterocycles. The highest BCUT2D eigenvalue weighted by Gasteiger charge is 2.26. The third kappa shape index (κ3) is 3.88. The van der Waals surface area contributed by atoms with E-state index in [9.17, 15) is 0 Å². The van der Waals surface area contributed by atoms with Crippen molar-refractivity contribution in [3.05, 3.63) is 69.8 Å². The van der Waals surface area contributed by atoms with Crippen LogP contribution in [0.2, 0.25) is 0 Å². The molecule has 0 bridgehead atoms. The van der Waals surface area contributed by atoms with Crippen molar-refractivity contribution < 1.29 is 0 Å². The fraction of sp³-hybridized carbons (Fsp3) is 0.455. The number of rotatable bonds is 6. The maximum absolute atomic E-state index is 6.68. The summed E-state index contributed by atoms with van der Waals surface area (Å²) in [5.74, 6) is 0.458. The lowest BCUT2D eigenvalue weighted by Gasteiger charge is -2.28. The van der Waals surface area contributed by atoms with Crippen LogP contribution in [0.25, 0.3) is 0 Å². The van der Waals surface area contributed by atoms with Gasteiger partial charge < -0.3 is 11.5 Å². The van der Waals surface area contributed by atoms with Crippen LogP contribution in [0.15, 0.2) is 36.4 Å². The van der Waals surface area contributed by atoms with E-state index in [4.69, 9.17) is 11.5 Å². The van der Waals surface area contributed by atoms with Gasteiger partial charge in [0.05, 0.1) is 0 Å². The second kappa shape index (κ2) is 7.50. The number of benzene rings is 2. The molecule has 2 aromatic rings. The Morgan fingerprint density at radius 1 is 0.708 bits per heavy atom. The maximum Gasteiger partial charge on any atom is 0.116 e.